The van der Waals surface area contributed by atoms with E-state index in [4.69, 9.17) is 0 Å². The molecule has 3 rings (SSSR count). The van der Waals surface area contributed by atoms with Gasteiger partial charge in [-0.1, -0.05) is 44.0 Å². The first-order valence-corrected chi connectivity index (χ1v) is 11.7. The zero-order valence-electron chi connectivity index (χ0n) is 17.4. The Morgan fingerprint density at radius 1 is 1.19 bits per heavy atom. The molecule has 1 heterocycles. The average Bonchev–Trinajstić information content (AvgIpc) is 2.75. The van der Waals surface area contributed by atoms with E-state index in [1.165, 1.54) is 0 Å². The van der Waals surface area contributed by atoms with Crippen LogP contribution in [0.5, 0.6) is 0 Å². The molecule has 0 unspecified atom stereocenters. The number of carbonyl (C=O) groups excluding carboxylic acids is 1. The van der Waals surface area contributed by atoms with Crippen LogP contribution in [0, 0.1) is 11.6 Å². The molecular weight excluding hydrogens is 442 g/mol. The van der Waals surface area contributed by atoms with Crippen molar-refractivity contribution in [1.82, 2.24) is 9.62 Å². The Kier molecular flexibility index (Phi) is 7.25. The summed E-state index contributed by atoms with van der Waals surface area (Å²) >= 11 is 0. The van der Waals surface area contributed by atoms with Gasteiger partial charge in [0.15, 0.2) is 0 Å². The van der Waals surface area contributed by atoms with Gasteiger partial charge in [0, 0.05) is 12.6 Å². The Morgan fingerprint density at radius 2 is 1.88 bits per heavy atom. The molecule has 2 aromatic rings. The van der Waals surface area contributed by atoms with Crippen LogP contribution < -0.4 is 5.32 Å². The number of carboxylic acids is 1. The Hall–Kier alpha value is -2.85. The molecular formula is C22H24F2N2O5S. The second kappa shape index (κ2) is 9.74. The highest BCUT2D eigenvalue weighted by molar-refractivity contribution is 7.89. The third-order valence-corrected chi connectivity index (χ3v) is 7.27. The van der Waals surface area contributed by atoms with Crippen LogP contribution in [-0.2, 0) is 32.6 Å². The summed E-state index contributed by atoms with van der Waals surface area (Å²) in [7, 11) is -4.93. The second-order valence-corrected chi connectivity index (χ2v) is 9.40. The first-order valence-electron chi connectivity index (χ1n) is 10.2. The number of aliphatic carboxylic acids is 1. The molecule has 7 nitrogen and oxygen atoms in total. The highest BCUT2D eigenvalue weighted by Crippen LogP contribution is 2.27. The second-order valence-electron chi connectivity index (χ2n) is 7.62. The summed E-state index contributed by atoms with van der Waals surface area (Å²) < 4.78 is 54.7. The number of benzene rings is 2. The Labute approximate surface area is 185 Å². The Morgan fingerprint density at radius 3 is 2.50 bits per heavy atom. The van der Waals surface area contributed by atoms with Gasteiger partial charge in [-0.05, 0) is 36.1 Å². The van der Waals surface area contributed by atoms with E-state index >= 15 is 0 Å². The van der Waals surface area contributed by atoms with E-state index in [1.807, 2.05) is 12.1 Å². The molecule has 0 radical (unpaired) electrons. The van der Waals surface area contributed by atoms with E-state index < -0.39 is 50.5 Å². The number of rotatable bonds is 8. The third-order valence-electron chi connectivity index (χ3n) is 5.43. The lowest BCUT2D eigenvalue weighted by Gasteiger charge is -2.33. The monoisotopic (exact) mass is 466 g/mol. The van der Waals surface area contributed by atoms with Gasteiger partial charge in [0.25, 0.3) is 15.9 Å². The zero-order valence-corrected chi connectivity index (χ0v) is 18.2. The van der Waals surface area contributed by atoms with Gasteiger partial charge in [-0.15, -0.1) is 0 Å². The number of fused-ring (bicyclic) bond motifs is 1. The minimum absolute atomic E-state index is 0.136. The van der Waals surface area contributed by atoms with Crippen LogP contribution in [-0.4, -0.2) is 41.8 Å². The topological polar surface area (TPSA) is 104 Å². The summed E-state index contributed by atoms with van der Waals surface area (Å²) in [5.74, 6) is -4.91. The van der Waals surface area contributed by atoms with Gasteiger partial charge in [0.05, 0.1) is 6.04 Å². The number of hydrogen-bond acceptors (Lipinski definition) is 5. The van der Waals surface area contributed by atoms with Crippen molar-refractivity contribution in [3.63, 3.8) is 0 Å². The van der Waals surface area contributed by atoms with Crippen molar-refractivity contribution in [2.45, 2.75) is 56.1 Å². The van der Waals surface area contributed by atoms with Gasteiger partial charge in [0.2, 0.25) is 0 Å². The van der Waals surface area contributed by atoms with Crippen LogP contribution in [0.25, 0.3) is 0 Å². The number of unbranched alkanes of at least 4 members (excludes halogenated alkanes) is 1. The van der Waals surface area contributed by atoms with Gasteiger partial charge >= 0.3 is 5.97 Å². The van der Waals surface area contributed by atoms with Crippen molar-refractivity contribution in [1.29, 1.82) is 0 Å². The van der Waals surface area contributed by atoms with E-state index in [2.05, 4.69) is 5.32 Å². The summed E-state index contributed by atoms with van der Waals surface area (Å²) in [5, 5.41) is 12.7. The van der Waals surface area contributed by atoms with Crippen LogP contribution in [0.1, 0.15) is 37.3 Å². The van der Waals surface area contributed by atoms with Crippen molar-refractivity contribution in [3.8, 4) is 0 Å². The predicted octanol–water partition coefficient (Wildman–Crippen LogP) is 2.84. The number of carbonyl (C=O) groups is 2. The van der Waals surface area contributed by atoms with Crippen LogP contribution in [0.2, 0.25) is 0 Å². The van der Waals surface area contributed by atoms with Gasteiger partial charge in [-0.2, -0.15) is 0 Å². The molecule has 2 N–H and O–H groups in total. The Balaban J connectivity index is 2.06. The first kappa shape index (κ1) is 23.8. The SMILES string of the molecule is CCCC[C@@H](C(=O)O)N(C(=O)[C@@H]1Cc2ccccc2CN1)S(=O)(=O)c1ccc(F)cc1F. The number of hydrogen-bond donors (Lipinski definition) is 2. The normalized spacial score (nSPS) is 16.8. The molecule has 1 aliphatic heterocycles. The smallest absolute Gasteiger partial charge is 0.327 e. The van der Waals surface area contributed by atoms with Gasteiger partial charge in [0.1, 0.15) is 22.6 Å². The summed E-state index contributed by atoms with van der Waals surface area (Å²) in [5.41, 5.74) is 1.77. The fraction of sp³-hybridized carbons (Fsp3) is 0.364. The van der Waals surface area contributed by atoms with E-state index in [-0.39, 0.29) is 23.7 Å². The molecule has 0 aromatic heterocycles. The molecule has 1 amide bonds. The molecule has 2 aromatic carbocycles. The van der Waals surface area contributed by atoms with Gasteiger partial charge in [-0.25, -0.2) is 26.3 Å². The maximum Gasteiger partial charge on any atom is 0.327 e. The van der Waals surface area contributed by atoms with Gasteiger partial charge in [-0.3, -0.25) is 4.79 Å². The lowest BCUT2D eigenvalue weighted by molar-refractivity contribution is -0.147. The average molecular weight is 467 g/mol. The predicted molar refractivity (Wildman–Crippen MR) is 112 cm³/mol. The summed E-state index contributed by atoms with van der Waals surface area (Å²) in [6.07, 6.45) is 0.908. The third kappa shape index (κ3) is 4.81. The fourth-order valence-electron chi connectivity index (χ4n) is 3.75. The number of sulfonamides is 1. The van der Waals surface area contributed by atoms with Gasteiger partial charge < -0.3 is 10.4 Å². The maximum absolute atomic E-state index is 14.4. The number of carboxylic acid groups (broad SMARTS) is 1. The van der Waals surface area contributed by atoms with Crippen molar-refractivity contribution in [2.24, 2.45) is 0 Å². The van der Waals surface area contributed by atoms with Crippen molar-refractivity contribution in [3.05, 3.63) is 65.2 Å². The van der Waals surface area contributed by atoms with Crippen LogP contribution in [0.15, 0.2) is 47.4 Å². The fourth-order valence-corrected chi connectivity index (χ4v) is 5.40. The number of amides is 1. The minimum atomic E-state index is -4.93. The number of nitrogens with one attached hydrogen (secondary N) is 1. The molecule has 0 fully saturated rings. The summed E-state index contributed by atoms with van der Waals surface area (Å²) in [6.45, 7) is 2.08. The minimum Gasteiger partial charge on any atom is -0.480 e. The molecule has 0 bridgehead atoms. The lowest BCUT2D eigenvalue weighted by atomic mass is 9.95. The van der Waals surface area contributed by atoms with E-state index in [0.29, 0.717) is 25.0 Å². The largest absolute Gasteiger partial charge is 0.480 e. The van der Waals surface area contributed by atoms with E-state index in [0.717, 1.165) is 17.2 Å². The lowest BCUT2D eigenvalue weighted by Crippen LogP contribution is -2.56. The highest BCUT2D eigenvalue weighted by Gasteiger charge is 2.43. The molecule has 2 atom stereocenters. The van der Waals surface area contributed by atoms with Crippen LogP contribution >= 0.6 is 0 Å². The zero-order chi connectivity index (χ0) is 23.5. The highest BCUT2D eigenvalue weighted by atomic mass is 32.2. The maximum atomic E-state index is 14.4. The molecule has 0 saturated carbocycles. The number of halogens is 2. The van der Waals surface area contributed by atoms with Crippen molar-refractivity contribution in [2.75, 3.05) is 0 Å². The summed E-state index contributed by atoms with van der Waals surface area (Å²) in [6, 6.07) is 6.37. The molecule has 1 aliphatic rings. The quantitative estimate of drug-likeness (QED) is 0.620. The van der Waals surface area contributed by atoms with Crippen LogP contribution in [0.3, 0.4) is 0 Å². The molecule has 10 heteroatoms. The molecule has 172 valence electrons. The first-order chi connectivity index (χ1) is 15.2. The van der Waals surface area contributed by atoms with Crippen LogP contribution in [0.4, 0.5) is 8.78 Å². The standard InChI is InChI=1S/C22H24F2N2O5S/c1-2-3-8-19(22(28)29)26(32(30,31)20-10-9-16(23)12-17(20)24)21(27)18-11-14-6-4-5-7-15(14)13-25-18/h4-7,9-10,12,18-19,25H,2-3,8,11,13H2,1H3,(H,28,29)/t18-,19-/m0/s1. The molecule has 0 saturated heterocycles. The molecule has 0 aliphatic carbocycles. The van der Waals surface area contributed by atoms with E-state index in [9.17, 15) is 31.9 Å². The summed E-state index contributed by atoms with van der Waals surface area (Å²) in [4.78, 5) is 24.5. The van der Waals surface area contributed by atoms with E-state index in [1.54, 1.807) is 19.1 Å². The molecule has 32 heavy (non-hydrogen) atoms. The Bertz CT molecular complexity index is 1120. The molecule has 0 spiro atoms. The van der Waals surface area contributed by atoms with Crippen molar-refractivity contribution >= 4 is 21.9 Å². The number of nitrogens with zero attached hydrogens (tertiary/aromatic N) is 1. The van der Waals surface area contributed by atoms with Crippen molar-refractivity contribution < 1.29 is 31.9 Å².